The Hall–Kier alpha value is -3.50. The standard InChI is InChI=1S/C24H22ClNO8S/c1-3-32-18-10-15(11-19-22(28)26(24(31)35-19)12-20(27)33-4-2)9-17(25)21(18)34-13-14-6-5-7-16(8-14)23(29)30/h5-11H,3-4,12-13H2,1-2H3,(H,29,30). The van der Waals surface area contributed by atoms with Crippen LogP contribution in [0.5, 0.6) is 11.5 Å². The quantitative estimate of drug-likeness (QED) is 0.354. The molecule has 2 amide bonds. The van der Waals surface area contributed by atoms with Crippen molar-refractivity contribution in [3.05, 3.63) is 63.0 Å². The lowest BCUT2D eigenvalue weighted by Gasteiger charge is -2.15. The summed E-state index contributed by atoms with van der Waals surface area (Å²) in [6, 6.07) is 9.47. The van der Waals surface area contributed by atoms with Gasteiger partial charge in [0.15, 0.2) is 11.5 Å². The van der Waals surface area contributed by atoms with Crippen LogP contribution in [0.1, 0.15) is 35.3 Å². The number of amides is 2. The first-order chi connectivity index (χ1) is 16.7. The molecule has 0 unspecified atom stereocenters. The molecule has 2 aromatic carbocycles. The van der Waals surface area contributed by atoms with Crippen molar-refractivity contribution in [1.29, 1.82) is 0 Å². The number of hydrogen-bond acceptors (Lipinski definition) is 8. The number of thioether (sulfide) groups is 1. The fourth-order valence-corrected chi connectivity index (χ4v) is 4.26. The van der Waals surface area contributed by atoms with Gasteiger partial charge in [-0.15, -0.1) is 0 Å². The van der Waals surface area contributed by atoms with Gasteiger partial charge in [-0.25, -0.2) is 4.79 Å². The van der Waals surface area contributed by atoms with E-state index in [-0.39, 0.29) is 34.5 Å². The van der Waals surface area contributed by atoms with Crippen molar-refractivity contribution < 1.29 is 38.5 Å². The van der Waals surface area contributed by atoms with E-state index < -0.39 is 29.6 Å². The van der Waals surface area contributed by atoms with Crippen molar-refractivity contribution in [3.63, 3.8) is 0 Å². The molecule has 1 N–H and O–H groups in total. The zero-order valence-electron chi connectivity index (χ0n) is 18.9. The van der Waals surface area contributed by atoms with Crippen LogP contribution in [0, 0.1) is 0 Å². The molecule has 0 radical (unpaired) electrons. The Kier molecular flexibility index (Phi) is 8.78. The SMILES string of the molecule is CCOC(=O)CN1C(=O)SC(=Cc2cc(Cl)c(OCc3cccc(C(=O)O)c3)c(OCC)c2)C1=O. The first kappa shape index (κ1) is 26.1. The number of hydrogen-bond donors (Lipinski definition) is 1. The van der Waals surface area contributed by atoms with E-state index in [1.54, 1.807) is 38.1 Å². The van der Waals surface area contributed by atoms with Gasteiger partial charge in [0.05, 0.1) is 28.7 Å². The topological polar surface area (TPSA) is 119 Å². The lowest BCUT2D eigenvalue weighted by atomic mass is 10.1. The molecule has 1 heterocycles. The Morgan fingerprint density at radius 1 is 1.11 bits per heavy atom. The third kappa shape index (κ3) is 6.55. The number of rotatable bonds is 10. The van der Waals surface area contributed by atoms with E-state index in [0.717, 1.165) is 4.90 Å². The molecule has 0 atom stereocenters. The van der Waals surface area contributed by atoms with Gasteiger partial charge in [-0.1, -0.05) is 23.7 Å². The molecular weight excluding hydrogens is 498 g/mol. The van der Waals surface area contributed by atoms with Crippen molar-refractivity contribution in [3.8, 4) is 11.5 Å². The highest BCUT2D eigenvalue weighted by Gasteiger charge is 2.36. The second kappa shape index (κ2) is 11.8. The first-order valence-corrected chi connectivity index (χ1v) is 11.7. The monoisotopic (exact) mass is 519 g/mol. The highest BCUT2D eigenvalue weighted by Crippen LogP contribution is 2.39. The van der Waals surface area contributed by atoms with Crippen LogP contribution in [0.15, 0.2) is 41.3 Å². The number of nitrogens with zero attached hydrogens (tertiary/aromatic N) is 1. The van der Waals surface area contributed by atoms with Gasteiger partial charge in [0, 0.05) is 0 Å². The number of carbonyl (C=O) groups is 4. The van der Waals surface area contributed by atoms with E-state index in [9.17, 15) is 19.2 Å². The van der Waals surface area contributed by atoms with E-state index in [1.807, 2.05) is 0 Å². The largest absolute Gasteiger partial charge is 0.490 e. The Balaban J connectivity index is 1.82. The summed E-state index contributed by atoms with van der Waals surface area (Å²) in [5.41, 5.74) is 1.25. The normalized spacial score (nSPS) is 14.4. The molecule has 0 bridgehead atoms. The molecule has 1 saturated heterocycles. The van der Waals surface area contributed by atoms with Crippen LogP contribution in [-0.2, 0) is 20.9 Å². The Labute approximate surface area is 210 Å². The van der Waals surface area contributed by atoms with Crippen molar-refractivity contribution in [1.82, 2.24) is 4.90 Å². The van der Waals surface area contributed by atoms with E-state index >= 15 is 0 Å². The van der Waals surface area contributed by atoms with Crippen LogP contribution in [-0.4, -0.2) is 52.8 Å². The molecule has 3 rings (SSSR count). The van der Waals surface area contributed by atoms with Crippen molar-refractivity contribution in [2.24, 2.45) is 0 Å². The summed E-state index contributed by atoms with van der Waals surface area (Å²) in [5, 5.41) is 8.78. The van der Waals surface area contributed by atoms with Gasteiger partial charge in [0.25, 0.3) is 11.1 Å². The molecule has 1 aliphatic heterocycles. The number of carboxylic acid groups (broad SMARTS) is 1. The van der Waals surface area contributed by atoms with Gasteiger partial charge in [0.1, 0.15) is 13.2 Å². The number of halogens is 1. The lowest BCUT2D eigenvalue weighted by molar-refractivity contribution is -0.145. The maximum atomic E-state index is 12.6. The van der Waals surface area contributed by atoms with Gasteiger partial charge in [-0.3, -0.25) is 19.3 Å². The second-order valence-electron chi connectivity index (χ2n) is 7.13. The summed E-state index contributed by atoms with van der Waals surface area (Å²) in [6.07, 6.45) is 1.48. The van der Waals surface area contributed by atoms with E-state index in [4.69, 9.17) is 30.9 Å². The van der Waals surface area contributed by atoms with Gasteiger partial charge in [-0.2, -0.15) is 0 Å². The Morgan fingerprint density at radius 3 is 2.57 bits per heavy atom. The van der Waals surface area contributed by atoms with Crippen molar-refractivity contribution >= 4 is 52.5 Å². The molecule has 1 aliphatic rings. The first-order valence-electron chi connectivity index (χ1n) is 10.6. The molecule has 11 heteroatoms. The van der Waals surface area contributed by atoms with Crippen LogP contribution >= 0.6 is 23.4 Å². The summed E-state index contributed by atoms with van der Waals surface area (Å²) in [6.45, 7) is 3.45. The van der Waals surface area contributed by atoms with Crippen molar-refractivity contribution in [2.45, 2.75) is 20.5 Å². The number of ether oxygens (including phenoxy) is 3. The third-order valence-electron chi connectivity index (χ3n) is 4.65. The van der Waals surface area contributed by atoms with Gasteiger partial charge in [-0.05, 0) is 67.1 Å². The van der Waals surface area contributed by atoms with Crippen LogP contribution in [0.25, 0.3) is 6.08 Å². The molecule has 184 valence electrons. The summed E-state index contributed by atoms with van der Waals surface area (Å²) in [7, 11) is 0. The molecule has 1 fully saturated rings. The van der Waals surface area contributed by atoms with Crippen molar-refractivity contribution in [2.75, 3.05) is 19.8 Å². The number of imide groups is 1. The molecule has 0 saturated carbocycles. The zero-order valence-corrected chi connectivity index (χ0v) is 20.5. The summed E-state index contributed by atoms with van der Waals surface area (Å²) >= 11 is 7.15. The molecule has 35 heavy (non-hydrogen) atoms. The molecule has 2 aromatic rings. The maximum absolute atomic E-state index is 12.6. The fourth-order valence-electron chi connectivity index (χ4n) is 3.15. The summed E-state index contributed by atoms with van der Waals surface area (Å²) < 4.78 is 16.3. The van der Waals surface area contributed by atoms with Gasteiger partial charge >= 0.3 is 11.9 Å². The predicted octanol–water partition coefficient (Wildman–Crippen LogP) is 4.62. The maximum Gasteiger partial charge on any atom is 0.335 e. The molecular formula is C24H22ClNO8S. The molecule has 0 aliphatic carbocycles. The van der Waals surface area contributed by atoms with Gasteiger partial charge in [0.2, 0.25) is 0 Å². The van der Waals surface area contributed by atoms with E-state index in [1.165, 1.54) is 18.2 Å². The highest BCUT2D eigenvalue weighted by atomic mass is 35.5. The highest BCUT2D eigenvalue weighted by molar-refractivity contribution is 8.18. The minimum absolute atomic E-state index is 0.0486. The summed E-state index contributed by atoms with van der Waals surface area (Å²) in [5.74, 6) is -1.77. The zero-order chi connectivity index (χ0) is 25.5. The third-order valence-corrected chi connectivity index (χ3v) is 5.84. The number of benzene rings is 2. The van der Waals surface area contributed by atoms with Crippen LogP contribution in [0.3, 0.4) is 0 Å². The smallest absolute Gasteiger partial charge is 0.335 e. The average Bonchev–Trinajstić information content (AvgIpc) is 3.06. The fraction of sp³-hybridized carbons (Fsp3) is 0.250. The number of aromatic carboxylic acids is 1. The number of esters is 1. The van der Waals surface area contributed by atoms with E-state index in [0.29, 0.717) is 35.2 Å². The summed E-state index contributed by atoms with van der Waals surface area (Å²) in [4.78, 5) is 48.7. The average molecular weight is 520 g/mol. The molecule has 9 nitrogen and oxygen atoms in total. The second-order valence-corrected chi connectivity index (χ2v) is 8.53. The van der Waals surface area contributed by atoms with Gasteiger partial charge < -0.3 is 19.3 Å². The van der Waals surface area contributed by atoms with Crippen LogP contribution in [0.4, 0.5) is 4.79 Å². The minimum Gasteiger partial charge on any atom is -0.490 e. The minimum atomic E-state index is -1.05. The number of carbonyl (C=O) groups excluding carboxylic acids is 3. The molecule has 0 aromatic heterocycles. The Morgan fingerprint density at radius 2 is 1.89 bits per heavy atom. The molecule has 0 spiro atoms. The number of carboxylic acids is 1. The van der Waals surface area contributed by atoms with Crippen LogP contribution in [0.2, 0.25) is 5.02 Å². The van der Waals surface area contributed by atoms with E-state index in [2.05, 4.69) is 0 Å². The Bertz CT molecular complexity index is 1200. The lowest BCUT2D eigenvalue weighted by Crippen LogP contribution is -2.34. The van der Waals surface area contributed by atoms with Crippen LogP contribution < -0.4 is 9.47 Å². The predicted molar refractivity (Wildman–Crippen MR) is 130 cm³/mol.